The number of para-hydroxylation sites is 2. The van der Waals surface area contributed by atoms with Crippen LogP contribution in [0.25, 0.3) is 11.0 Å². The molecule has 8 nitrogen and oxygen atoms in total. The van der Waals surface area contributed by atoms with Gasteiger partial charge < -0.3 is 10.3 Å². The number of aromatic amines is 1. The van der Waals surface area contributed by atoms with Gasteiger partial charge in [0.25, 0.3) is 0 Å². The van der Waals surface area contributed by atoms with Gasteiger partial charge in [0, 0.05) is 6.54 Å². The molecule has 8 heteroatoms. The summed E-state index contributed by atoms with van der Waals surface area (Å²) < 4.78 is 1.74. The predicted molar refractivity (Wildman–Crippen MR) is 82.3 cm³/mol. The summed E-state index contributed by atoms with van der Waals surface area (Å²) >= 11 is 0. The maximum Gasteiger partial charge on any atom is 0.240 e. The number of nitrogens with one attached hydrogen (secondary N) is 3. The van der Waals surface area contributed by atoms with E-state index in [-0.39, 0.29) is 18.5 Å². The molecule has 0 fully saturated rings. The Morgan fingerprint density at radius 1 is 1.41 bits per heavy atom. The van der Waals surface area contributed by atoms with E-state index in [2.05, 4.69) is 30.7 Å². The van der Waals surface area contributed by atoms with Gasteiger partial charge in [-0.15, -0.1) is 0 Å². The number of fused-ring (bicyclic) bond motifs is 1. The molecule has 3 rings (SSSR count). The minimum absolute atomic E-state index is 0.126. The van der Waals surface area contributed by atoms with Gasteiger partial charge in [0.15, 0.2) is 0 Å². The normalized spacial score (nSPS) is 12.4. The number of hydrogen-bond acceptors (Lipinski definition) is 5. The Morgan fingerprint density at radius 3 is 3.05 bits per heavy atom. The number of carbonyl (C=O) groups excluding carboxylic acids is 1. The number of rotatable bonds is 6. The number of carbonyl (C=O) groups is 1. The molecule has 0 spiro atoms. The van der Waals surface area contributed by atoms with E-state index in [9.17, 15) is 4.79 Å². The van der Waals surface area contributed by atoms with E-state index in [1.807, 2.05) is 31.2 Å². The Morgan fingerprint density at radius 2 is 2.27 bits per heavy atom. The Bertz CT molecular complexity index is 716. The zero-order chi connectivity index (χ0) is 15.4. The average molecular weight is 299 g/mol. The topological polar surface area (TPSA) is 101 Å². The molecule has 0 radical (unpaired) electrons. The number of aromatic nitrogens is 5. The molecule has 1 amide bonds. The smallest absolute Gasteiger partial charge is 0.240 e. The van der Waals surface area contributed by atoms with Crippen molar-refractivity contribution in [2.75, 3.05) is 18.4 Å². The lowest BCUT2D eigenvalue weighted by Crippen LogP contribution is -2.32. The van der Waals surface area contributed by atoms with Crippen LogP contribution in [-0.4, -0.2) is 43.7 Å². The van der Waals surface area contributed by atoms with Crippen molar-refractivity contribution in [1.29, 1.82) is 0 Å². The van der Waals surface area contributed by atoms with Crippen molar-refractivity contribution in [2.24, 2.45) is 0 Å². The Labute approximate surface area is 127 Å². The lowest BCUT2D eigenvalue weighted by atomic mass is 10.3. The third kappa shape index (κ3) is 3.29. The number of H-pyrrole nitrogens is 1. The Kier molecular flexibility index (Phi) is 4.10. The van der Waals surface area contributed by atoms with Gasteiger partial charge in [-0.05, 0) is 19.1 Å². The molecule has 0 unspecified atom stereocenters. The number of hydrogen-bond donors (Lipinski definition) is 3. The number of anilines is 1. The number of imidazole rings is 1. The molecule has 0 bridgehead atoms. The van der Waals surface area contributed by atoms with Crippen molar-refractivity contribution in [3.63, 3.8) is 0 Å². The second-order valence-electron chi connectivity index (χ2n) is 5.01. The van der Waals surface area contributed by atoms with Gasteiger partial charge in [0.2, 0.25) is 11.9 Å². The summed E-state index contributed by atoms with van der Waals surface area (Å²) in [5.41, 5.74) is 1.72. The molecule has 0 aliphatic heterocycles. The van der Waals surface area contributed by atoms with Crippen LogP contribution in [0.3, 0.4) is 0 Å². The summed E-state index contributed by atoms with van der Waals surface area (Å²) in [5, 5.41) is 9.88. The highest BCUT2D eigenvalue weighted by Crippen LogP contribution is 2.12. The first-order valence-electron chi connectivity index (χ1n) is 7.02. The fourth-order valence-corrected chi connectivity index (χ4v) is 2.12. The van der Waals surface area contributed by atoms with Crippen LogP contribution < -0.4 is 10.6 Å². The quantitative estimate of drug-likeness (QED) is 0.629. The van der Waals surface area contributed by atoms with E-state index >= 15 is 0 Å². The fraction of sp³-hybridized carbons (Fsp3) is 0.286. The molecule has 1 aromatic carbocycles. The van der Waals surface area contributed by atoms with E-state index in [0.29, 0.717) is 12.5 Å². The summed E-state index contributed by atoms with van der Waals surface area (Å²) in [5.74, 6) is 0.308. The van der Waals surface area contributed by atoms with Crippen molar-refractivity contribution < 1.29 is 4.79 Å². The molecule has 3 aromatic rings. The minimum atomic E-state index is -0.148. The summed E-state index contributed by atoms with van der Waals surface area (Å²) in [4.78, 5) is 23.1. The molecule has 1 atom stereocenters. The Balaban J connectivity index is 1.48. The fourth-order valence-electron chi connectivity index (χ4n) is 2.12. The van der Waals surface area contributed by atoms with Gasteiger partial charge in [0.1, 0.15) is 12.7 Å². The second-order valence-corrected chi connectivity index (χ2v) is 5.01. The predicted octanol–water partition coefficient (Wildman–Crippen LogP) is 0.944. The van der Waals surface area contributed by atoms with Crippen LogP contribution in [0.4, 0.5) is 5.95 Å². The van der Waals surface area contributed by atoms with E-state index in [1.54, 1.807) is 11.0 Å². The molecule has 0 saturated heterocycles. The standard InChI is InChI=1S/C14H17N7O/c1-10(21-9-16-8-17-21)6-15-7-13(22)20-14-18-11-4-2-3-5-12(11)19-14/h2-5,8-10,15H,6-7H2,1H3,(H2,18,19,20,22)/t10-/m1/s1. The minimum Gasteiger partial charge on any atom is -0.324 e. The molecular formula is C14H17N7O. The van der Waals surface area contributed by atoms with Gasteiger partial charge >= 0.3 is 0 Å². The molecule has 2 heterocycles. The first kappa shape index (κ1) is 14.2. The van der Waals surface area contributed by atoms with Crippen LogP contribution in [0.2, 0.25) is 0 Å². The zero-order valence-electron chi connectivity index (χ0n) is 12.2. The van der Waals surface area contributed by atoms with Crippen LogP contribution in [0, 0.1) is 0 Å². The number of amides is 1. The van der Waals surface area contributed by atoms with Crippen molar-refractivity contribution >= 4 is 22.9 Å². The van der Waals surface area contributed by atoms with Crippen LogP contribution in [0.15, 0.2) is 36.9 Å². The van der Waals surface area contributed by atoms with Crippen LogP contribution >= 0.6 is 0 Å². The molecule has 0 aliphatic carbocycles. The van der Waals surface area contributed by atoms with E-state index in [4.69, 9.17) is 0 Å². The molecule has 22 heavy (non-hydrogen) atoms. The third-order valence-corrected chi connectivity index (χ3v) is 3.26. The zero-order valence-corrected chi connectivity index (χ0v) is 12.2. The van der Waals surface area contributed by atoms with Crippen LogP contribution in [0.5, 0.6) is 0 Å². The largest absolute Gasteiger partial charge is 0.324 e. The monoisotopic (exact) mass is 299 g/mol. The van der Waals surface area contributed by atoms with Gasteiger partial charge in [-0.2, -0.15) is 5.10 Å². The first-order chi connectivity index (χ1) is 10.7. The van der Waals surface area contributed by atoms with E-state index in [0.717, 1.165) is 11.0 Å². The van der Waals surface area contributed by atoms with Gasteiger partial charge in [-0.3, -0.25) is 10.1 Å². The molecule has 2 aromatic heterocycles. The maximum atomic E-state index is 11.9. The highest BCUT2D eigenvalue weighted by Gasteiger charge is 2.08. The molecule has 3 N–H and O–H groups in total. The van der Waals surface area contributed by atoms with Gasteiger partial charge in [-0.25, -0.2) is 14.6 Å². The first-order valence-corrected chi connectivity index (χ1v) is 7.02. The third-order valence-electron chi connectivity index (χ3n) is 3.26. The van der Waals surface area contributed by atoms with E-state index in [1.165, 1.54) is 6.33 Å². The lowest BCUT2D eigenvalue weighted by Gasteiger charge is -2.12. The number of benzene rings is 1. The average Bonchev–Trinajstić information content (AvgIpc) is 3.15. The van der Waals surface area contributed by atoms with Crippen molar-refractivity contribution in [3.8, 4) is 0 Å². The lowest BCUT2D eigenvalue weighted by molar-refractivity contribution is -0.115. The molecule has 114 valence electrons. The number of nitrogens with zero attached hydrogens (tertiary/aromatic N) is 4. The van der Waals surface area contributed by atoms with Crippen molar-refractivity contribution in [3.05, 3.63) is 36.9 Å². The Hall–Kier alpha value is -2.74. The van der Waals surface area contributed by atoms with Crippen molar-refractivity contribution in [2.45, 2.75) is 13.0 Å². The SMILES string of the molecule is C[C@H](CNCC(=O)Nc1nc2ccccc2[nH]1)n1cncn1. The van der Waals surface area contributed by atoms with Gasteiger partial charge in [0.05, 0.1) is 23.6 Å². The second kappa shape index (κ2) is 6.35. The highest BCUT2D eigenvalue weighted by atomic mass is 16.2. The van der Waals surface area contributed by atoms with Crippen LogP contribution in [-0.2, 0) is 4.79 Å². The molecular weight excluding hydrogens is 282 g/mol. The maximum absolute atomic E-state index is 11.9. The summed E-state index contributed by atoms with van der Waals surface area (Å²) in [6.07, 6.45) is 3.14. The summed E-state index contributed by atoms with van der Waals surface area (Å²) in [6, 6.07) is 7.75. The van der Waals surface area contributed by atoms with E-state index < -0.39 is 0 Å². The molecule has 0 aliphatic rings. The summed E-state index contributed by atoms with van der Waals surface area (Å²) in [6.45, 7) is 2.83. The summed E-state index contributed by atoms with van der Waals surface area (Å²) in [7, 11) is 0. The van der Waals surface area contributed by atoms with Crippen LogP contribution in [0.1, 0.15) is 13.0 Å². The highest BCUT2D eigenvalue weighted by molar-refractivity contribution is 5.92. The van der Waals surface area contributed by atoms with Gasteiger partial charge in [-0.1, -0.05) is 12.1 Å². The van der Waals surface area contributed by atoms with Crippen molar-refractivity contribution in [1.82, 2.24) is 30.0 Å². The molecule has 0 saturated carbocycles.